The van der Waals surface area contributed by atoms with Gasteiger partial charge in [0, 0.05) is 6.42 Å². The van der Waals surface area contributed by atoms with Crippen molar-refractivity contribution in [3.63, 3.8) is 0 Å². The second kappa shape index (κ2) is 11.7. The molecule has 0 saturated carbocycles. The SMILES string of the molecule is C[SiH](CCC(F)(F)F)O[SiH2]O[SiH2]O[SiH2]O[SiH2]O[SiH3]. The molecule has 0 radical (unpaired) electrons. The van der Waals surface area contributed by atoms with Crippen LogP contribution in [0.3, 0.4) is 0 Å². The number of alkyl halides is 3. The summed E-state index contributed by atoms with van der Waals surface area (Å²) in [6.45, 7) is 1.76. The maximum Gasteiger partial charge on any atom is 0.388 e. The van der Waals surface area contributed by atoms with Crippen LogP contribution < -0.4 is 0 Å². The third-order valence-electron chi connectivity index (χ3n) is 1.80. The van der Waals surface area contributed by atoms with Crippen molar-refractivity contribution in [1.82, 2.24) is 0 Å². The lowest BCUT2D eigenvalue weighted by Crippen LogP contribution is -2.23. The smallest absolute Gasteiger partial charge is 0.388 e. The summed E-state index contributed by atoms with van der Waals surface area (Å²) < 4.78 is 61.7. The molecule has 0 N–H and O–H groups in total. The zero-order valence-corrected chi connectivity index (χ0v) is 19.3. The summed E-state index contributed by atoms with van der Waals surface area (Å²) >= 11 is 0. The standard InChI is InChI=1S/C4H19F3O5Si6/c1-18(3-2-4(5,6)7)12-17-11-16-10-15-9-14-8-13/h18H,2-3,14-17H2,1,13H3. The predicted octanol–water partition coefficient (Wildman–Crippen LogP) is -3.35. The van der Waals surface area contributed by atoms with Gasteiger partial charge in [0.05, 0.1) is 0 Å². The van der Waals surface area contributed by atoms with Gasteiger partial charge in [-0.3, -0.25) is 0 Å². The molecule has 0 bridgehead atoms. The monoisotopic (exact) mass is 372 g/mol. The van der Waals surface area contributed by atoms with E-state index in [4.69, 9.17) is 20.6 Å². The molecule has 0 heterocycles. The lowest BCUT2D eigenvalue weighted by Gasteiger charge is -2.13. The van der Waals surface area contributed by atoms with Gasteiger partial charge in [0.25, 0.3) is 40.0 Å². The fourth-order valence-corrected chi connectivity index (χ4v) is 10.5. The van der Waals surface area contributed by atoms with Gasteiger partial charge in [0.15, 0.2) is 9.04 Å². The molecular weight excluding hydrogens is 354 g/mol. The Morgan fingerprint density at radius 2 is 1.61 bits per heavy atom. The molecule has 14 heteroatoms. The largest absolute Gasteiger partial charge is 0.449 e. The van der Waals surface area contributed by atoms with E-state index in [1.165, 1.54) is 0 Å². The molecule has 1 atom stereocenters. The Hall–Kier alpha value is 0.891. The van der Waals surface area contributed by atoms with Crippen LogP contribution in [0.25, 0.3) is 0 Å². The van der Waals surface area contributed by atoms with E-state index in [1.807, 2.05) is 0 Å². The molecule has 0 saturated heterocycles. The van der Waals surface area contributed by atoms with Gasteiger partial charge in [-0.05, 0) is 12.6 Å². The number of halogens is 3. The second-order valence-electron chi connectivity index (χ2n) is 3.50. The molecule has 0 aliphatic carbocycles. The Morgan fingerprint density at radius 1 is 1.06 bits per heavy atom. The van der Waals surface area contributed by atoms with Crippen LogP contribution in [-0.2, 0) is 20.6 Å². The van der Waals surface area contributed by atoms with E-state index in [2.05, 4.69) is 0 Å². The van der Waals surface area contributed by atoms with Crippen molar-refractivity contribution in [1.29, 1.82) is 0 Å². The van der Waals surface area contributed by atoms with Crippen LogP contribution >= 0.6 is 0 Å². The first-order valence-electron chi connectivity index (χ1n) is 5.36. The van der Waals surface area contributed by atoms with Gasteiger partial charge in [-0.2, -0.15) is 13.2 Å². The summed E-state index contributed by atoms with van der Waals surface area (Å²) in [6, 6.07) is 0.115. The van der Waals surface area contributed by atoms with E-state index in [0.717, 1.165) is 0 Å². The van der Waals surface area contributed by atoms with Crippen molar-refractivity contribution in [2.45, 2.75) is 25.2 Å². The van der Waals surface area contributed by atoms with Crippen molar-refractivity contribution in [3.8, 4) is 0 Å². The minimum atomic E-state index is -4.08. The number of rotatable bonds is 11. The molecule has 0 aromatic heterocycles. The van der Waals surface area contributed by atoms with Crippen molar-refractivity contribution in [3.05, 3.63) is 0 Å². The van der Waals surface area contributed by atoms with Crippen LogP contribution in [0.2, 0.25) is 12.6 Å². The van der Waals surface area contributed by atoms with Crippen LogP contribution in [0.1, 0.15) is 6.42 Å². The fourth-order valence-electron chi connectivity index (χ4n) is 0.918. The maximum atomic E-state index is 11.9. The fraction of sp³-hybridized carbons (Fsp3) is 1.00. The molecule has 0 aromatic rings. The number of hydrogen-bond acceptors (Lipinski definition) is 5. The first-order chi connectivity index (χ1) is 8.45. The van der Waals surface area contributed by atoms with Crippen molar-refractivity contribution < 1.29 is 33.7 Å². The normalized spacial score (nSPS) is 16.7. The summed E-state index contributed by atoms with van der Waals surface area (Å²) in [5.74, 6) is 0. The van der Waals surface area contributed by atoms with E-state index in [0.29, 0.717) is 10.5 Å². The Kier molecular flexibility index (Phi) is 12.3. The Labute approximate surface area is 119 Å². The van der Waals surface area contributed by atoms with Gasteiger partial charge in [0.1, 0.15) is 10.5 Å². The summed E-state index contributed by atoms with van der Waals surface area (Å²) in [4.78, 5) is 0. The van der Waals surface area contributed by atoms with Crippen molar-refractivity contribution in [2.75, 3.05) is 0 Å². The average Bonchev–Trinajstić information content (AvgIpc) is 2.29. The van der Waals surface area contributed by atoms with Crippen LogP contribution in [0.15, 0.2) is 0 Å². The van der Waals surface area contributed by atoms with Crippen LogP contribution in [0, 0.1) is 0 Å². The lowest BCUT2D eigenvalue weighted by molar-refractivity contribution is -0.130. The van der Waals surface area contributed by atoms with Gasteiger partial charge in [-0.15, -0.1) is 0 Å². The third-order valence-corrected chi connectivity index (χ3v) is 10.7. The molecule has 110 valence electrons. The Balaban J connectivity index is 3.23. The highest BCUT2D eigenvalue weighted by Crippen LogP contribution is 2.22. The summed E-state index contributed by atoms with van der Waals surface area (Å²) in [6.07, 6.45) is -4.84. The maximum absolute atomic E-state index is 11.9. The van der Waals surface area contributed by atoms with Gasteiger partial charge in [-0.25, -0.2) is 0 Å². The Morgan fingerprint density at radius 3 is 2.17 bits per heavy atom. The molecule has 5 nitrogen and oxygen atoms in total. The molecule has 0 aromatic carbocycles. The summed E-state index contributed by atoms with van der Waals surface area (Å²) in [7, 11) is -4.98. The van der Waals surface area contributed by atoms with Gasteiger partial charge in [0.2, 0.25) is 0 Å². The zero-order valence-electron chi connectivity index (χ0n) is 10.5. The van der Waals surface area contributed by atoms with Crippen LogP contribution in [0.4, 0.5) is 13.2 Å². The van der Waals surface area contributed by atoms with Gasteiger partial charge < -0.3 is 20.6 Å². The molecule has 0 amide bonds. The molecule has 0 aliphatic heterocycles. The summed E-state index contributed by atoms with van der Waals surface area (Å²) in [5, 5.41) is 0. The summed E-state index contributed by atoms with van der Waals surface area (Å²) in [5.41, 5.74) is 0. The topological polar surface area (TPSA) is 46.2 Å². The van der Waals surface area contributed by atoms with Gasteiger partial charge >= 0.3 is 6.18 Å². The lowest BCUT2D eigenvalue weighted by atomic mass is 10.5. The van der Waals surface area contributed by atoms with Crippen molar-refractivity contribution >= 4 is 59.6 Å². The molecule has 18 heavy (non-hydrogen) atoms. The molecular formula is C4H19F3O5Si6. The highest BCUT2D eigenvalue weighted by molar-refractivity contribution is 6.57. The Bertz CT molecular complexity index is 199. The van der Waals surface area contributed by atoms with Crippen molar-refractivity contribution in [2.24, 2.45) is 0 Å². The highest BCUT2D eigenvalue weighted by atomic mass is 28.4. The zero-order chi connectivity index (χ0) is 13.9. The van der Waals surface area contributed by atoms with E-state index in [-0.39, 0.29) is 6.04 Å². The highest BCUT2D eigenvalue weighted by Gasteiger charge is 2.27. The number of hydrogen-bond donors (Lipinski definition) is 0. The minimum Gasteiger partial charge on any atom is -0.449 e. The average molecular weight is 373 g/mol. The van der Waals surface area contributed by atoms with Crippen LogP contribution in [-0.4, -0.2) is 65.7 Å². The van der Waals surface area contributed by atoms with E-state index in [9.17, 15) is 13.2 Å². The second-order valence-corrected chi connectivity index (χ2v) is 15.2. The van der Waals surface area contributed by atoms with Crippen LogP contribution in [0.5, 0.6) is 0 Å². The molecule has 0 rings (SSSR count). The predicted molar refractivity (Wildman–Crippen MR) is 78.0 cm³/mol. The van der Waals surface area contributed by atoms with E-state index < -0.39 is 61.7 Å². The van der Waals surface area contributed by atoms with E-state index >= 15 is 0 Å². The van der Waals surface area contributed by atoms with Gasteiger partial charge in [-0.1, -0.05) is 0 Å². The van der Waals surface area contributed by atoms with E-state index in [1.54, 1.807) is 6.55 Å². The third kappa shape index (κ3) is 15.0. The molecule has 0 spiro atoms. The molecule has 0 fully saturated rings. The first-order valence-corrected chi connectivity index (χ1v) is 13.2. The quantitative estimate of drug-likeness (QED) is 0.280. The minimum absolute atomic E-state index is 0.115. The molecule has 0 aliphatic rings. The molecule has 1 unspecified atom stereocenters. The first kappa shape index (κ1) is 18.9.